The normalized spacial score (nSPS) is 11.6. The summed E-state index contributed by atoms with van der Waals surface area (Å²) in [5.74, 6) is -0.0627. The first-order chi connectivity index (χ1) is 12.3. The highest BCUT2D eigenvalue weighted by atomic mass is 35.5. The van der Waals surface area contributed by atoms with Crippen molar-refractivity contribution in [1.82, 2.24) is 9.29 Å². The second kappa shape index (κ2) is 8.57. The van der Waals surface area contributed by atoms with Crippen molar-refractivity contribution in [2.45, 2.75) is 25.7 Å². The van der Waals surface area contributed by atoms with Crippen LogP contribution >= 0.6 is 11.6 Å². The Hall–Kier alpha value is -2.03. The van der Waals surface area contributed by atoms with Gasteiger partial charge in [-0.05, 0) is 31.2 Å². The number of amides is 1. The maximum Gasteiger partial charge on any atom is 0.272 e. The van der Waals surface area contributed by atoms with Crippen molar-refractivity contribution in [2.24, 2.45) is 0 Å². The molecule has 1 heterocycles. The van der Waals surface area contributed by atoms with Gasteiger partial charge in [-0.15, -0.1) is 0 Å². The standard InChI is InChI=1S/C17H22ClN3O4S/c1-4-21(5-2)26(23,24)13-7-8-16(25-6-3)14(10-13)20-17(22)15-9-12(18)11-19-15/h7-11,19H,4-6H2,1-3H3,(H,20,22). The van der Waals surface area contributed by atoms with Gasteiger partial charge in [0.15, 0.2) is 0 Å². The summed E-state index contributed by atoms with van der Waals surface area (Å²) < 4.78 is 32.3. The van der Waals surface area contributed by atoms with Crippen LogP contribution in [-0.2, 0) is 10.0 Å². The van der Waals surface area contributed by atoms with Gasteiger partial charge in [0.1, 0.15) is 11.4 Å². The monoisotopic (exact) mass is 399 g/mol. The molecule has 1 aromatic heterocycles. The summed E-state index contributed by atoms with van der Waals surface area (Å²) in [7, 11) is -3.65. The minimum atomic E-state index is -3.65. The Labute approximate surface area is 158 Å². The van der Waals surface area contributed by atoms with Gasteiger partial charge in [-0.2, -0.15) is 4.31 Å². The Bertz CT molecular complexity index is 876. The van der Waals surface area contributed by atoms with E-state index in [-0.39, 0.29) is 16.3 Å². The van der Waals surface area contributed by atoms with Crippen molar-refractivity contribution < 1.29 is 17.9 Å². The fraction of sp³-hybridized carbons (Fsp3) is 0.353. The van der Waals surface area contributed by atoms with Crippen molar-refractivity contribution in [3.8, 4) is 5.75 Å². The molecule has 0 unspecified atom stereocenters. The fourth-order valence-corrected chi connectivity index (χ4v) is 4.10. The zero-order valence-corrected chi connectivity index (χ0v) is 16.4. The molecule has 0 radical (unpaired) electrons. The maximum absolute atomic E-state index is 12.7. The maximum atomic E-state index is 12.7. The highest BCUT2D eigenvalue weighted by Crippen LogP contribution is 2.29. The van der Waals surface area contributed by atoms with Crippen molar-refractivity contribution in [2.75, 3.05) is 25.0 Å². The van der Waals surface area contributed by atoms with Crippen molar-refractivity contribution >= 4 is 33.2 Å². The molecule has 1 aromatic carbocycles. The minimum Gasteiger partial charge on any atom is -0.492 e. The number of aromatic amines is 1. The third-order valence-corrected chi connectivity index (χ3v) is 6.00. The summed E-state index contributed by atoms with van der Waals surface area (Å²) in [5.41, 5.74) is 0.533. The van der Waals surface area contributed by atoms with E-state index in [1.807, 2.05) is 0 Å². The molecular formula is C17H22ClN3O4S. The van der Waals surface area contributed by atoms with E-state index >= 15 is 0 Å². The predicted octanol–water partition coefficient (Wildman–Crippen LogP) is 3.35. The van der Waals surface area contributed by atoms with Gasteiger partial charge >= 0.3 is 0 Å². The molecule has 1 amide bonds. The Balaban J connectivity index is 2.41. The summed E-state index contributed by atoms with van der Waals surface area (Å²) in [6, 6.07) is 5.89. The van der Waals surface area contributed by atoms with Gasteiger partial charge in [0.2, 0.25) is 10.0 Å². The number of hydrogen-bond donors (Lipinski definition) is 2. The van der Waals surface area contributed by atoms with Crippen molar-refractivity contribution in [3.05, 3.63) is 41.2 Å². The number of carbonyl (C=O) groups excluding carboxylic acids is 1. The van der Waals surface area contributed by atoms with Crippen LogP contribution < -0.4 is 10.1 Å². The number of rotatable bonds is 8. The molecule has 0 spiro atoms. The highest BCUT2D eigenvalue weighted by Gasteiger charge is 2.23. The smallest absolute Gasteiger partial charge is 0.272 e. The molecule has 2 N–H and O–H groups in total. The van der Waals surface area contributed by atoms with Crippen LogP contribution in [0.5, 0.6) is 5.75 Å². The van der Waals surface area contributed by atoms with Gasteiger partial charge in [0.25, 0.3) is 5.91 Å². The summed E-state index contributed by atoms with van der Waals surface area (Å²) >= 11 is 5.82. The lowest BCUT2D eigenvalue weighted by Crippen LogP contribution is -2.30. The molecule has 26 heavy (non-hydrogen) atoms. The minimum absolute atomic E-state index is 0.0875. The largest absolute Gasteiger partial charge is 0.492 e. The topological polar surface area (TPSA) is 91.5 Å². The summed E-state index contributed by atoms with van der Waals surface area (Å²) in [6.45, 7) is 6.43. The van der Waals surface area contributed by atoms with Gasteiger partial charge in [-0.25, -0.2) is 8.42 Å². The highest BCUT2D eigenvalue weighted by molar-refractivity contribution is 7.89. The van der Waals surface area contributed by atoms with Crippen LogP contribution in [0.1, 0.15) is 31.3 Å². The second-order valence-electron chi connectivity index (χ2n) is 5.37. The van der Waals surface area contributed by atoms with Crippen LogP contribution in [0.2, 0.25) is 5.02 Å². The van der Waals surface area contributed by atoms with Crippen LogP contribution in [0.15, 0.2) is 35.4 Å². The first kappa shape index (κ1) is 20.3. The second-order valence-corrected chi connectivity index (χ2v) is 7.74. The molecule has 2 aromatic rings. The van der Waals surface area contributed by atoms with Crippen molar-refractivity contribution in [1.29, 1.82) is 0 Å². The van der Waals surface area contributed by atoms with E-state index in [2.05, 4.69) is 10.3 Å². The van der Waals surface area contributed by atoms with Crippen molar-refractivity contribution in [3.63, 3.8) is 0 Å². The number of ether oxygens (including phenoxy) is 1. The zero-order chi connectivity index (χ0) is 19.3. The van der Waals surface area contributed by atoms with Gasteiger partial charge in [-0.3, -0.25) is 4.79 Å². The molecule has 0 aliphatic carbocycles. The molecule has 0 saturated carbocycles. The molecule has 9 heteroatoms. The van der Waals surface area contributed by atoms with Gasteiger partial charge in [0.05, 0.1) is 22.2 Å². The average molecular weight is 400 g/mol. The number of H-pyrrole nitrogens is 1. The third kappa shape index (κ3) is 4.38. The Morgan fingerprint density at radius 2 is 1.92 bits per heavy atom. The fourth-order valence-electron chi connectivity index (χ4n) is 2.45. The first-order valence-electron chi connectivity index (χ1n) is 8.25. The predicted molar refractivity (Wildman–Crippen MR) is 101 cm³/mol. The average Bonchev–Trinajstić information content (AvgIpc) is 3.04. The summed E-state index contributed by atoms with van der Waals surface area (Å²) in [5, 5.41) is 3.08. The van der Waals surface area contributed by atoms with Gasteiger partial charge in [0, 0.05) is 19.3 Å². The van der Waals surface area contributed by atoms with E-state index in [4.69, 9.17) is 16.3 Å². The Kier molecular flexibility index (Phi) is 6.69. The number of aromatic nitrogens is 1. The van der Waals surface area contributed by atoms with Gasteiger partial charge in [-0.1, -0.05) is 25.4 Å². The molecule has 142 valence electrons. The van der Waals surface area contributed by atoms with Crippen LogP contribution in [0.3, 0.4) is 0 Å². The van der Waals surface area contributed by atoms with Crippen LogP contribution in [0, 0.1) is 0 Å². The van der Waals surface area contributed by atoms with Crippen LogP contribution in [0.4, 0.5) is 5.69 Å². The molecule has 0 aliphatic heterocycles. The molecule has 0 aliphatic rings. The lowest BCUT2D eigenvalue weighted by atomic mass is 10.2. The Morgan fingerprint density at radius 3 is 2.46 bits per heavy atom. The van der Waals surface area contributed by atoms with E-state index in [0.717, 1.165) is 0 Å². The number of halogens is 1. The summed E-state index contributed by atoms with van der Waals surface area (Å²) in [6.07, 6.45) is 1.49. The number of carbonyl (C=O) groups is 1. The van der Waals surface area contributed by atoms with E-state index in [0.29, 0.717) is 30.5 Å². The molecule has 2 rings (SSSR count). The van der Waals surface area contributed by atoms with Crippen LogP contribution in [-0.4, -0.2) is 43.3 Å². The number of nitrogens with one attached hydrogen (secondary N) is 2. The number of anilines is 1. The number of benzene rings is 1. The lowest BCUT2D eigenvalue weighted by molar-refractivity contribution is 0.102. The van der Waals surface area contributed by atoms with Gasteiger partial charge < -0.3 is 15.0 Å². The Morgan fingerprint density at radius 1 is 1.23 bits per heavy atom. The number of sulfonamides is 1. The molecule has 0 fully saturated rings. The third-order valence-electron chi connectivity index (χ3n) is 3.73. The first-order valence-corrected chi connectivity index (χ1v) is 10.1. The molecule has 0 saturated heterocycles. The molecule has 7 nitrogen and oxygen atoms in total. The van der Waals surface area contributed by atoms with E-state index < -0.39 is 15.9 Å². The van der Waals surface area contributed by atoms with E-state index in [1.54, 1.807) is 20.8 Å². The number of hydrogen-bond acceptors (Lipinski definition) is 4. The SMILES string of the molecule is CCOc1ccc(S(=O)(=O)N(CC)CC)cc1NC(=O)c1cc(Cl)c[nH]1. The summed E-state index contributed by atoms with van der Waals surface area (Å²) in [4.78, 5) is 15.2. The zero-order valence-electron chi connectivity index (χ0n) is 14.9. The van der Waals surface area contributed by atoms with E-state index in [1.165, 1.54) is 34.8 Å². The molecule has 0 bridgehead atoms. The molecule has 0 atom stereocenters. The molecular weight excluding hydrogens is 378 g/mol. The van der Waals surface area contributed by atoms with Crippen LogP contribution in [0.25, 0.3) is 0 Å². The number of nitrogens with zero attached hydrogens (tertiary/aromatic N) is 1. The quantitative estimate of drug-likeness (QED) is 0.712. The van der Waals surface area contributed by atoms with E-state index in [9.17, 15) is 13.2 Å². The lowest BCUT2D eigenvalue weighted by Gasteiger charge is -2.20.